The van der Waals surface area contributed by atoms with Crippen molar-refractivity contribution in [2.24, 2.45) is 0 Å². The van der Waals surface area contributed by atoms with E-state index < -0.39 is 0 Å². The van der Waals surface area contributed by atoms with E-state index >= 15 is 0 Å². The molecule has 1 aromatic heterocycles. The number of amides is 1. The van der Waals surface area contributed by atoms with Crippen molar-refractivity contribution in [2.75, 3.05) is 26.2 Å². The Labute approximate surface area is 171 Å². The van der Waals surface area contributed by atoms with Crippen LogP contribution in [0.3, 0.4) is 0 Å². The van der Waals surface area contributed by atoms with Gasteiger partial charge in [0.2, 0.25) is 0 Å². The Hall–Kier alpha value is -2.92. The van der Waals surface area contributed by atoms with Crippen molar-refractivity contribution in [3.05, 3.63) is 83.7 Å². The maximum Gasteiger partial charge on any atom is 0.254 e. The molecule has 1 fully saturated rings. The zero-order valence-corrected chi connectivity index (χ0v) is 16.6. The number of hydrogen-bond acceptors (Lipinski definition) is 3. The van der Waals surface area contributed by atoms with E-state index in [0.717, 1.165) is 43.9 Å². The Kier molecular flexibility index (Phi) is 4.90. The summed E-state index contributed by atoms with van der Waals surface area (Å²) in [4.78, 5) is 17.6. The molecular formula is C24H26N4O. The summed E-state index contributed by atoms with van der Waals surface area (Å²) in [6.45, 7) is 3.50. The molecule has 2 aromatic carbocycles. The number of carbonyl (C=O) groups is 1. The molecule has 1 saturated heterocycles. The third-order valence-corrected chi connectivity index (χ3v) is 6.30. The van der Waals surface area contributed by atoms with E-state index in [0.29, 0.717) is 6.04 Å². The van der Waals surface area contributed by atoms with E-state index in [1.54, 1.807) is 10.9 Å². The first-order valence-electron chi connectivity index (χ1n) is 10.5. The summed E-state index contributed by atoms with van der Waals surface area (Å²) in [6, 6.07) is 19.1. The summed E-state index contributed by atoms with van der Waals surface area (Å²) in [5.74, 6) is 0.118. The second kappa shape index (κ2) is 7.84. The molecule has 29 heavy (non-hydrogen) atoms. The number of carbonyl (C=O) groups excluding carboxylic acids is 1. The Morgan fingerprint density at radius 3 is 2.55 bits per heavy atom. The molecule has 2 aliphatic rings. The lowest BCUT2D eigenvalue weighted by Crippen LogP contribution is -2.53. The van der Waals surface area contributed by atoms with Gasteiger partial charge in [-0.1, -0.05) is 30.3 Å². The standard InChI is InChI=1S/C24H26N4O/c29-24(21-7-3-8-23(18-21)28-12-4-11-25-28)27-15-13-26(14-16-27)22-10-9-19-5-1-2-6-20(19)17-22/h1-8,11-12,18,22H,9-10,13-17H2/t22-/m0/s1. The van der Waals surface area contributed by atoms with E-state index in [1.165, 1.54) is 24.0 Å². The third kappa shape index (κ3) is 3.70. The Bertz CT molecular complexity index is 990. The van der Waals surface area contributed by atoms with Crippen molar-refractivity contribution in [2.45, 2.75) is 25.3 Å². The van der Waals surface area contributed by atoms with Crippen LogP contribution >= 0.6 is 0 Å². The number of rotatable bonds is 3. The number of hydrogen-bond donors (Lipinski definition) is 0. The largest absolute Gasteiger partial charge is 0.336 e. The quantitative estimate of drug-likeness (QED) is 0.694. The molecule has 5 rings (SSSR count). The molecular weight excluding hydrogens is 360 g/mol. The van der Waals surface area contributed by atoms with Crippen molar-refractivity contribution >= 4 is 5.91 Å². The van der Waals surface area contributed by atoms with Gasteiger partial charge in [-0.3, -0.25) is 9.69 Å². The molecule has 1 aliphatic heterocycles. The van der Waals surface area contributed by atoms with Crippen LogP contribution in [0.2, 0.25) is 0 Å². The number of benzene rings is 2. The highest BCUT2D eigenvalue weighted by Gasteiger charge is 2.29. The van der Waals surface area contributed by atoms with Gasteiger partial charge >= 0.3 is 0 Å². The second-order valence-electron chi connectivity index (χ2n) is 7.99. The molecule has 148 valence electrons. The lowest BCUT2D eigenvalue weighted by atomic mass is 9.87. The fraction of sp³-hybridized carbons (Fsp3) is 0.333. The molecule has 3 aromatic rings. The van der Waals surface area contributed by atoms with E-state index in [2.05, 4.69) is 34.3 Å². The molecule has 0 unspecified atom stereocenters. The van der Waals surface area contributed by atoms with Crippen LogP contribution in [0.4, 0.5) is 0 Å². The fourth-order valence-electron chi connectivity index (χ4n) is 4.67. The highest BCUT2D eigenvalue weighted by molar-refractivity contribution is 5.94. The van der Waals surface area contributed by atoms with Crippen LogP contribution in [0.25, 0.3) is 5.69 Å². The highest BCUT2D eigenvalue weighted by Crippen LogP contribution is 2.25. The number of fused-ring (bicyclic) bond motifs is 1. The second-order valence-corrected chi connectivity index (χ2v) is 7.99. The van der Waals surface area contributed by atoms with E-state index in [9.17, 15) is 4.79 Å². The first-order chi connectivity index (χ1) is 14.3. The van der Waals surface area contributed by atoms with Crippen LogP contribution in [0, 0.1) is 0 Å². The minimum Gasteiger partial charge on any atom is -0.336 e. The summed E-state index contributed by atoms with van der Waals surface area (Å²) < 4.78 is 1.79. The molecule has 1 amide bonds. The third-order valence-electron chi connectivity index (χ3n) is 6.30. The molecule has 0 N–H and O–H groups in total. The maximum atomic E-state index is 13.0. The van der Waals surface area contributed by atoms with Gasteiger partial charge < -0.3 is 4.90 Å². The summed E-state index contributed by atoms with van der Waals surface area (Å²) in [5.41, 5.74) is 4.66. The fourth-order valence-corrected chi connectivity index (χ4v) is 4.67. The van der Waals surface area contributed by atoms with Crippen LogP contribution in [0.5, 0.6) is 0 Å². The topological polar surface area (TPSA) is 41.4 Å². The predicted octanol–water partition coefficient (Wildman–Crippen LogP) is 3.19. The van der Waals surface area contributed by atoms with E-state index in [-0.39, 0.29) is 5.91 Å². The van der Waals surface area contributed by atoms with Crippen molar-refractivity contribution < 1.29 is 4.79 Å². The first kappa shape index (κ1) is 18.1. The van der Waals surface area contributed by atoms with Gasteiger partial charge in [-0.25, -0.2) is 4.68 Å². The number of aryl methyl sites for hydroxylation is 1. The predicted molar refractivity (Wildman–Crippen MR) is 113 cm³/mol. The van der Waals surface area contributed by atoms with Gasteiger partial charge in [-0.15, -0.1) is 0 Å². The number of piperazine rings is 1. The van der Waals surface area contributed by atoms with E-state index in [4.69, 9.17) is 0 Å². The zero-order chi connectivity index (χ0) is 19.6. The maximum absolute atomic E-state index is 13.0. The van der Waals surface area contributed by atoms with Crippen LogP contribution < -0.4 is 0 Å². The Balaban J connectivity index is 1.22. The molecule has 1 aliphatic carbocycles. The smallest absolute Gasteiger partial charge is 0.254 e. The van der Waals surface area contributed by atoms with Gasteiger partial charge in [0.1, 0.15) is 0 Å². The van der Waals surface area contributed by atoms with Gasteiger partial charge in [0.05, 0.1) is 5.69 Å². The first-order valence-corrected chi connectivity index (χ1v) is 10.5. The van der Waals surface area contributed by atoms with Gasteiger partial charge in [0, 0.05) is 50.2 Å². The van der Waals surface area contributed by atoms with Crippen molar-refractivity contribution in [1.29, 1.82) is 0 Å². The van der Waals surface area contributed by atoms with Crippen LogP contribution in [-0.2, 0) is 12.8 Å². The summed E-state index contributed by atoms with van der Waals surface area (Å²) in [7, 11) is 0. The Morgan fingerprint density at radius 2 is 1.76 bits per heavy atom. The number of aromatic nitrogens is 2. The van der Waals surface area contributed by atoms with Gasteiger partial charge in [0.15, 0.2) is 0 Å². The van der Waals surface area contributed by atoms with Crippen molar-refractivity contribution in [1.82, 2.24) is 19.6 Å². The van der Waals surface area contributed by atoms with Crippen molar-refractivity contribution in [3.63, 3.8) is 0 Å². The SMILES string of the molecule is O=C(c1cccc(-n2cccn2)c1)N1CCN([C@H]2CCc3ccccc3C2)CC1. The van der Waals surface area contributed by atoms with Crippen LogP contribution in [-0.4, -0.2) is 57.7 Å². The molecule has 0 radical (unpaired) electrons. The Morgan fingerprint density at radius 1 is 0.931 bits per heavy atom. The normalized spacial score (nSPS) is 19.7. The molecule has 0 bridgehead atoms. The van der Waals surface area contributed by atoms with Crippen LogP contribution in [0.15, 0.2) is 67.0 Å². The molecule has 5 heteroatoms. The highest BCUT2D eigenvalue weighted by atomic mass is 16.2. The lowest BCUT2D eigenvalue weighted by molar-refractivity contribution is 0.0553. The molecule has 1 atom stereocenters. The average molecular weight is 386 g/mol. The van der Waals surface area contributed by atoms with Gasteiger partial charge in [-0.05, 0) is 54.7 Å². The summed E-state index contributed by atoms with van der Waals surface area (Å²) in [6.07, 6.45) is 7.16. The molecule has 0 saturated carbocycles. The van der Waals surface area contributed by atoms with Gasteiger partial charge in [0.25, 0.3) is 5.91 Å². The van der Waals surface area contributed by atoms with Gasteiger partial charge in [-0.2, -0.15) is 5.10 Å². The van der Waals surface area contributed by atoms with E-state index in [1.807, 2.05) is 41.4 Å². The monoisotopic (exact) mass is 386 g/mol. The zero-order valence-electron chi connectivity index (χ0n) is 16.6. The lowest BCUT2D eigenvalue weighted by Gasteiger charge is -2.41. The molecule has 2 heterocycles. The van der Waals surface area contributed by atoms with Crippen molar-refractivity contribution in [3.8, 4) is 5.69 Å². The van der Waals surface area contributed by atoms with Crippen LogP contribution in [0.1, 0.15) is 27.9 Å². The molecule has 5 nitrogen and oxygen atoms in total. The average Bonchev–Trinajstić information content (AvgIpc) is 3.34. The summed E-state index contributed by atoms with van der Waals surface area (Å²) >= 11 is 0. The summed E-state index contributed by atoms with van der Waals surface area (Å²) in [5, 5.41) is 4.26. The minimum absolute atomic E-state index is 0.118. The number of nitrogens with zero attached hydrogens (tertiary/aromatic N) is 4. The molecule has 0 spiro atoms. The minimum atomic E-state index is 0.118.